The number of hydrogen-bond acceptors (Lipinski definition) is 1. The highest BCUT2D eigenvalue weighted by molar-refractivity contribution is 7.26. The second-order valence-corrected chi connectivity index (χ2v) is 14.4. The van der Waals surface area contributed by atoms with Crippen LogP contribution in [0.3, 0.4) is 0 Å². The molecule has 0 saturated heterocycles. The fourth-order valence-corrected chi connectivity index (χ4v) is 9.47. The molecule has 51 heavy (non-hydrogen) atoms. The zero-order chi connectivity index (χ0) is 33.5. The number of para-hydroxylation sites is 3. The van der Waals surface area contributed by atoms with Gasteiger partial charge < -0.3 is 9.13 Å². The molecule has 0 unspecified atom stereocenters. The van der Waals surface area contributed by atoms with Crippen molar-refractivity contribution >= 4 is 75.1 Å². The average molecular weight is 667 g/mol. The van der Waals surface area contributed by atoms with E-state index in [0.29, 0.717) is 0 Å². The van der Waals surface area contributed by atoms with Gasteiger partial charge in [0.1, 0.15) is 0 Å². The van der Waals surface area contributed by atoms with Crippen LogP contribution in [0, 0.1) is 0 Å². The van der Waals surface area contributed by atoms with Crippen molar-refractivity contribution in [2.45, 2.75) is 0 Å². The number of thiophene rings is 1. The van der Waals surface area contributed by atoms with Gasteiger partial charge in [-0.1, -0.05) is 127 Å². The van der Waals surface area contributed by atoms with Crippen LogP contribution in [-0.4, -0.2) is 9.13 Å². The van der Waals surface area contributed by atoms with E-state index < -0.39 is 0 Å². The number of rotatable bonds is 4. The lowest BCUT2D eigenvalue weighted by Gasteiger charge is -2.12. The van der Waals surface area contributed by atoms with E-state index in [1.165, 1.54) is 91.7 Å². The van der Waals surface area contributed by atoms with E-state index in [-0.39, 0.29) is 0 Å². The summed E-state index contributed by atoms with van der Waals surface area (Å²) in [6.45, 7) is 0. The van der Waals surface area contributed by atoms with Crippen LogP contribution >= 0.6 is 11.3 Å². The molecule has 8 aromatic carbocycles. The maximum absolute atomic E-state index is 2.47. The topological polar surface area (TPSA) is 9.86 Å². The van der Waals surface area contributed by atoms with Crippen LogP contribution in [0.25, 0.3) is 97.4 Å². The summed E-state index contributed by atoms with van der Waals surface area (Å²) in [5, 5.41) is 7.67. The minimum Gasteiger partial charge on any atom is -0.309 e. The summed E-state index contributed by atoms with van der Waals surface area (Å²) in [5.74, 6) is 0. The number of aromatic nitrogens is 2. The third kappa shape index (κ3) is 4.22. The van der Waals surface area contributed by atoms with Gasteiger partial charge in [0.05, 0.1) is 32.5 Å². The predicted octanol–water partition coefficient (Wildman–Crippen LogP) is 13.6. The van der Waals surface area contributed by atoms with Crippen LogP contribution in [0.1, 0.15) is 0 Å². The molecule has 0 fully saturated rings. The van der Waals surface area contributed by atoms with E-state index in [1.54, 1.807) is 0 Å². The van der Waals surface area contributed by atoms with Gasteiger partial charge in [-0.15, -0.1) is 11.3 Å². The quantitative estimate of drug-likeness (QED) is 0.177. The van der Waals surface area contributed by atoms with Crippen molar-refractivity contribution in [2.24, 2.45) is 0 Å². The Morgan fingerprint density at radius 1 is 0.353 bits per heavy atom. The summed E-state index contributed by atoms with van der Waals surface area (Å²) in [6, 6.07) is 66.6. The van der Waals surface area contributed by atoms with E-state index in [1.807, 2.05) is 11.3 Å². The van der Waals surface area contributed by atoms with Crippen molar-refractivity contribution in [1.29, 1.82) is 0 Å². The van der Waals surface area contributed by atoms with E-state index in [4.69, 9.17) is 0 Å². The zero-order valence-electron chi connectivity index (χ0n) is 27.6. The Morgan fingerprint density at radius 2 is 0.941 bits per heavy atom. The summed E-state index contributed by atoms with van der Waals surface area (Å²) in [7, 11) is 0. The van der Waals surface area contributed by atoms with Crippen molar-refractivity contribution in [3.63, 3.8) is 0 Å². The Bertz CT molecular complexity index is 3130. The molecule has 0 aliphatic heterocycles. The average Bonchev–Trinajstić information content (AvgIpc) is 3.86. The number of fused-ring (bicyclic) bond motifs is 9. The Kier molecular flexibility index (Phi) is 6.16. The Morgan fingerprint density at radius 3 is 1.75 bits per heavy atom. The maximum Gasteiger partial charge on any atom is 0.0640 e. The first-order valence-corrected chi connectivity index (χ1v) is 18.3. The molecule has 3 aromatic heterocycles. The smallest absolute Gasteiger partial charge is 0.0640 e. The highest BCUT2D eigenvalue weighted by atomic mass is 32.1. The predicted molar refractivity (Wildman–Crippen MR) is 219 cm³/mol. The minimum atomic E-state index is 1.16. The molecule has 2 nitrogen and oxygen atoms in total. The second-order valence-electron chi connectivity index (χ2n) is 13.3. The lowest BCUT2D eigenvalue weighted by molar-refractivity contribution is 1.18. The molecule has 238 valence electrons. The van der Waals surface area contributed by atoms with Crippen molar-refractivity contribution in [2.75, 3.05) is 0 Å². The van der Waals surface area contributed by atoms with Gasteiger partial charge in [0.15, 0.2) is 0 Å². The summed E-state index contributed by atoms with van der Waals surface area (Å²) in [4.78, 5) is 0. The monoisotopic (exact) mass is 666 g/mol. The molecule has 3 heteroatoms. The van der Waals surface area contributed by atoms with Crippen molar-refractivity contribution in [3.05, 3.63) is 182 Å². The summed E-state index contributed by atoms with van der Waals surface area (Å²) < 4.78 is 7.54. The lowest BCUT2D eigenvalue weighted by Crippen LogP contribution is -1.95. The van der Waals surface area contributed by atoms with Crippen molar-refractivity contribution in [3.8, 4) is 33.6 Å². The third-order valence-corrected chi connectivity index (χ3v) is 11.7. The highest BCUT2D eigenvalue weighted by Crippen LogP contribution is 2.43. The molecule has 11 aromatic rings. The highest BCUT2D eigenvalue weighted by Gasteiger charge is 2.19. The zero-order valence-corrected chi connectivity index (χ0v) is 28.4. The molecule has 0 amide bonds. The van der Waals surface area contributed by atoms with E-state index in [2.05, 4.69) is 191 Å². The van der Waals surface area contributed by atoms with E-state index >= 15 is 0 Å². The Hall–Kier alpha value is -6.42. The molecule has 0 saturated carbocycles. The second kappa shape index (κ2) is 11.0. The third-order valence-electron chi connectivity index (χ3n) is 10.5. The molecular formula is C48H30N2S. The Balaban J connectivity index is 1.14. The fourth-order valence-electron chi connectivity index (χ4n) is 8.26. The molecule has 0 aliphatic carbocycles. The van der Waals surface area contributed by atoms with Gasteiger partial charge in [0.2, 0.25) is 0 Å². The van der Waals surface area contributed by atoms with Gasteiger partial charge in [-0.05, 0) is 71.3 Å². The summed E-state index contributed by atoms with van der Waals surface area (Å²) in [5.41, 5.74) is 12.2. The van der Waals surface area contributed by atoms with Gasteiger partial charge >= 0.3 is 0 Å². The van der Waals surface area contributed by atoms with Crippen LogP contribution in [0.2, 0.25) is 0 Å². The largest absolute Gasteiger partial charge is 0.309 e. The molecule has 0 radical (unpaired) electrons. The number of benzene rings is 8. The van der Waals surface area contributed by atoms with Crippen LogP contribution in [0.5, 0.6) is 0 Å². The molecular weight excluding hydrogens is 637 g/mol. The van der Waals surface area contributed by atoms with Crippen molar-refractivity contribution in [1.82, 2.24) is 9.13 Å². The Labute approximate surface area is 298 Å². The molecule has 0 bridgehead atoms. The number of hydrogen-bond donors (Lipinski definition) is 0. The first-order chi connectivity index (χ1) is 25.3. The normalized spacial score (nSPS) is 11.9. The molecule has 0 N–H and O–H groups in total. The SMILES string of the molecule is c1ccc(-c2cccc3c4cc(-c5ccc6c(c5)c5ccccc5n6-c5cccc6c5sc5ccccc56)ccc4n(-c4ccccc4)c23)cc1. The van der Waals surface area contributed by atoms with Gasteiger partial charge in [-0.3, -0.25) is 0 Å². The molecule has 0 aliphatic rings. The first-order valence-electron chi connectivity index (χ1n) is 17.4. The van der Waals surface area contributed by atoms with Gasteiger partial charge in [0, 0.05) is 48.3 Å². The standard InChI is InChI=1S/C48H30N2S/c1-3-13-31(14-4-1)35-19-11-20-38-41-30-33(25-27-43(41)49(47(35)38)34-15-5-2-6-16-34)32-26-28-44-40(29-32)36-17-7-9-22-42(36)50(44)45-23-12-21-39-37-18-8-10-24-46(37)51-48(39)45/h1-30H. The van der Waals surface area contributed by atoms with Gasteiger partial charge in [-0.25, -0.2) is 0 Å². The molecule has 0 spiro atoms. The summed E-state index contributed by atoms with van der Waals surface area (Å²) >= 11 is 1.88. The van der Waals surface area contributed by atoms with Crippen LogP contribution < -0.4 is 0 Å². The van der Waals surface area contributed by atoms with E-state index in [9.17, 15) is 0 Å². The fraction of sp³-hybridized carbons (Fsp3) is 0. The van der Waals surface area contributed by atoms with Crippen LogP contribution in [-0.2, 0) is 0 Å². The van der Waals surface area contributed by atoms with Gasteiger partial charge in [0.25, 0.3) is 0 Å². The molecule has 0 atom stereocenters. The first kappa shape index (κ1) is 28.4. The van der Waals surface area contributed by atoms with E-state index in [0.717, 1.165) is 5.69 Å². The lowest BCUT2D eigenvalue weighted by atomic mass is 9.99. The van der Waals surface area contributed by atoms with Gasteiger partial charge in [-0.2, -0.15) is 0 Å². The molecule has 11 rings (SSSR count). The minimum absolute atomic E-state index is 1.16. The number of nitrogens with zero attached hydrogens (tertiary/aromatic N) is 2. The molecule has 3 heterocycles. The van der Waals surface area contributed by atoms with Crippen LogP contribution in [0.4, 0.5) is 0 Å². The van der Waals surface area contributed by atoms with Crippen molar-refractivity contribution < 1.29 is 0 Å². The van der Waals surface area contributed by atoms with Crippen LogP contribution in [0.15, 0.2) is 182 Å². The summed E-state index contributed by atoms with van der Waals surface area (Å²) in [6.07, 6.45) is 0. The maximum atomic E-state index is 2.47.